The summed E-state index contributed by atoms with van der Waals surface area (Å²) in [5.41, 5.74) is 1.23. The molecule has 0 radical (unpaired) electrons. The average Bonchev–Trinajstić information content (AvgIpc) is 2.56. The Kier molecular flexibility index (Phi) is 6.05. The smallest absolute Gasteiger partial charge is 0.161 e. The summed E-state index contributed by atoms with van der Waals surface area (Å²) in [5, 5.41) is 8.90. The SMILES string of the molecule is COc1ccc(CN2CCN(C[C@@H](C)C#N)CC2)cc1OC. The number of rotatable bonds is 6. The van der Waals surface area contributed by atoms with Gasteiger partial charge in [-0.05, 0) is 24.6 Å². The van der Waals surface area contributed by atoms with Crippen molar-refractivity contribution in [2.45, 2.75) is 13.5 Å². The number of nitrogens with zero attached hydrogens (tertiary/aromatic N) is 3. The molecule has 0 unspecified atom stereocenters. The summed E-state index contributed by atoms with van der Waals surface area (Å²) >= 11 is 0. The fraction of sp³-hybridized carbons (Fsp3) is 0.588. The zero-order valence-corrected chi connectivity index (χ0v) is 13.7. The zero-order chi connectivity index (χ0) is 15.9. The quantitative estimate of drug-likeness (QED) is 0.804. The van der Waals surface area contributed by atoms with E-state index in [0.717, 1.165) is 50.8 Å². The molecule has 0 N–H and O–H groups in total. The highest BCUT2D eigenvalue weighted by Crippen LogP contribution is 2.28. The molecule has 0 aromatic heterocycles. The lowest BCUT2D eigenvalue weighted by Gasteiger charge is -2.35. The van der Waals surface area contributed by atoms with Crippen LogP contribution in [0.4, 0.5) is 0 Å². The second-order valence-corrected chi connectivity index (χ2v) is 5.80. The van der Waals surface area contributed by atoms with E-state index in [1.54, 1.807) is 14.2 Å². The molecule has 0 bridgehead atoms. The van der Waals surface area contributed by atoms with E-state index in [0.29, 0.717) is 0 Å². The van der Waals surface area contributed by atoms with Crippen LogP contribution in [0.3, 0.4) is 0 Å². The molecular weight excluding hydrogens is 278 g/mol. The second-order valence-electron chi connectivity index (χ2n) is 5.80. The lowest BCUT2D eigenvalue weighted by Crippen LogP contribution is -2.47. The molecule has 0 amide bonds. The van der Waals surface area contributed by atoms with Gasteiger partial charge in [0.1, 0.15) is 0 Å². The molecule has 5 nitrogen and oxygen atoms in total. The molecule has 1 atom stereocenters. The first-order valence-electron chi connectivity index (χ1n) is 7.71. The van der Waals surface area contributed by atoms with Gasteiger partial charge in [-0.3, -0.25) is 9.80 Å². The molecule has 1 fully saturated rings. The van der Waals surface area contributed by atoms with Crippen molar-refractivity contribution in [3.8, 4) is 17.6 Å². The van der Waals surface area contributed by atoms with Gasteiger partial charge >= 0.3 is 0 Å². The lowest BCUT2D eigenvalue weighted by atomic mass is 10.1. The lowest BCUT2D eigenvalue weighted by molar-refractivity contribution is 0.121. The molecule has 0 aliphatic carbocycles. The number of nitriles is 1. The van der Waals surface area contributed by atoms with Crippen molar-refractivity contribution in [2.75, 3.05) is 46.9 Å². The molecule has 2 rings (SSSR count). The third-order valence-corrected chi connectivity index (χ3v) is 4.07. The number of benzene rings is 1. The van der Waals surface area contributed by atoms with E-state index in [-0.39, 0.29) is 5.92 Å². The molecule has 0 saturated carbocycles. The molecule has 1 aliphatic heterocycles. The highest BCUT2D eigenvalue weighted by atomic mass is 16.5. The minimum atomic E-state index is 0.109. The summed E-state index contributed by atoms with van der Waals surface area (Å²) in [7, 11) is 3.32. The number of methoxy groups -OCH3 is 2. The van der Waals surface area contributed by atoms with Crippen molar-refractivity contribution in [2.24, 2.45) is 5.92 Å². The molecule has 1 aromatic carbocycles. The Hall–Kier alpha value is -1.77. The van der Waals surface area contributed by atoms with E-state index in [9.17, 15) is 0 Å². The number of hydrogen-bond donors (Lipinski definition) is 0. The first kappa shape index (κ1) is 16.6. The highest BCUT2D eigenvalue weighted by molar-refractivity contribution is 5.42. The maximum absolute atomic E-state index is 8.90. The Morgan fingerprint density at radius 3 is 2.32 bits per heavy atom. The van der Waals surface area contributed by atoms with Crippen molar-refractivity contribution < 1.29 is 9.47 Å². The van der Waals surface area contributed by atoms with Gasteiger partial charge in [-0.2, -0.15) is 5.26 Å². The first-order chi connectivity index (χ1) is 10.7. The van der Waals surface area contributed by atoms with Crippen LogP contribution in [0.15, 0.2) is 18.2 Å². The summed E-state index contributed by atoms with van der Waals surface area (Å²) in [5.74, 6) is 1.65. The van der Waals surface area contributed by atoms with Crippen molar-refractivity contribution >= 4 is 0 Å². The van der Waals surface area contributed by atoms with Gasteiger partial charge in [-0.1, -0.05) is 6.07 Å². The van der Waals surface area contributed by atoms with Crippen LogP contribution in [-0.4, -0.2) is 56.7 Å². The Morgan fingerprint density at radius 1 is 1.09 bits per heavy atom. The number of hydrogen-bond acceptors (Lipinski definition) is 5. The molecule has 120 valence electrons. The molecule has 1 saturated heterocycles. The van der Waals surface area contributed by atoms with Crippen LogP contribution in [0.5, 0.6) is 11.5 Å². The minimum absolute atomic E-state index is 0.109. The summed E-state index contributed by atoms with van der Waals surface area (Å²) in [6.07, 6.45) is 0. The molecule has 1 aromatic rings. The molecule has 5 heteroatoms. The first-order valence-corrected chi connectivity index (χ1v) is 7.71. The van der Waals surface area contributed by atoms with E-state index in [4.69, 9.17) is 14.7 Å². The van der Waals surface area contributed by atoms with Crippen LogP contribution in [0, 0.1) is 17.2 Å². The van der Waals surface area contributed by atoms with Gasteiger partial charge in [0.15, 0.2) is 11.5 Å². The number of piperazine rings is 1. The largest absolute Gasteiger partial charge is 0.493 e. The summed E-state index contributed by atoms with van der Waals surface area (Å²) in [4.78, 5) is 4.81. The van der Waals surface area contributed by atoms with E-state index >= 15 is 0 Å². The van der Waals surface area contributed by atoms with Gasteiger partial charge in [-0.25, -0.2) is 0 Å². The topological polar surface area (TPSA) is 48.7 Å². The average molecular weight is 303 g/mol. The maximum atomic E-state index is 8.90. The minimum Gasteiger partial charge on any atom is -0.493 e. The number of ether oxygens (including phenoxy) is 2. The Labute approximate surface area is 133 Å². The molecule has 22 heavy (non-hydrogen) atoms. The third-order valence-electron chi connectivity index (χ3n) is 4.07. The summed E-state index contributed by atoms with van der Waals surface area (Å²) in [6, 6.07) is 8.40. The van der Waals surface area contributed by atoms with Crippen molar-refractivity contribution in [1.82, 2.24) is 9.80 Å². The van der Waals surface area contributed by atoms with E-state index in [1.807, 2.05) is 19.1 Å². The van der Waals surface area contributed by atoms with Crippen LogP contribution >= 0.6 is 0 Å². The second kappa shape index (κ2) is 8.02. The summed E-state index contributed by atoms with van der Waals surface area (Å²) in [6.45, 7) is 7.90. The van der Waals surface area contributed by atoms with Crippen LogP contribution in [-0.2, 0) is 6.54 Å². The predicted molar refractivity (Wildman–Crippen MR) is 86.0 cm³/mol. The van der Waals surface area contributed by atoms with Crippen LogP contribution < -0.4 is 9.47 Å². The molecular formula is C17H25N3O2. The van der Waals surface area contributed by atoms with Crippen LogP contribution in [0.1, 0.15) is 12.5 Å². The van der Waals surface area contributed by atoms with Crippen molar-refractivity contribution in [3.63, 3.8) is 0 Å². The van der Waals surface area contributed by atoms with Gasteiger partial charge < -0.3 is 9.47 Å². The normalized spacial score (nSPS) is 17.7. The standard InChI is InChI=1S/C17H25N3O2/c1-14(11-18)12-19-6-8-20(9-7-19)13-15-4-5-16(21-2)17(10-15)22-3/h4-5,10,14H,6-9,12-13H2,1-3H3/t14-/m0/s1. The molecule has 1 aliphatic rings. The Balaban J connectivity index is 1.87. The Bertz CT molecular complexity index is 519. The fourth-order valence-corrected chi connectivity index (χ4v) is 2.80. The maximum Gasteiger partial charge on any atom is 0.161 e. The third kappa shape index (κ3) is 4.36. The van der Waals surface area contributed by atoms with Gasteiger partial charge in [-0.15, -0.1) is 0 Å². The van der Waals surface area contributed by atoms with E-state index in [1.165, 1.54) is 5.56 Å². The van der Waals surface area contributed by atoms with Gasteiger partial charge in [0.05, 0.1) is 26.2 Å². The van der Waals surface area contributed by atoms with Gasteiger partial charge in [0.25, 0.3) is 0 Å². The summed E-state index contributed by atoms with van der Waals surface area (Å²) < 4.78 is 10.6. The monoisotopic (exact) mass is 303 g/mol. The van der Waals surface area contributed by atoms with Crippen molar-refractivity contribution in [1.29, 1.82) is 5.26 Å². The van der Waals surface area contributed by atoms with E-state index in [2.05, 4.69) is 21.9 Å². The van der Waals surface area contributed by atoms with Crippen molar-refractivity contribution in [3.05, 3.63) is 23.8 Å². The Morgan fingerprint density at radius 2 is 1.73 bits per heavy atom. The van der Waals surface area contributed by atoms with Gasteiger partial charge in [0.2, 0.25) is 0 Å². The van der Waals surface area contributed by atoms with Gasteiger partial charge in [0, 0.05) is 39.3 Å². The van der Waals surface area contributed by atoms with Crippen LogP contribution in [0.25, 0.3) is 0 Å². The molecule has 0 spiro atoms. The fourth-order valence-electron chi connectivity index (χ4n) is 2.80. The highest BCUT2D eigenvalue weighted by Gasteiger charge is 2.18. The molecule has 1 heterocycles. The predicted octanol–water partition coefficient (Wildman–Crippen LogP) is 1.98. The van der Waals surface area contributed by atoms with E-state index < -0.39 is 0 Å². The van der Waals surface area contributed by atoms with Crippen LogP contribution in [0.2, 0.25) is 0 Å². The zero-order valence-electron chi connectivity index (χ0n) is 13.7.